The fraction of sp³-hybridized carbons (Fsp3) is 0.500. The van der Waals surface area contributed by atoms with Crippen LogP contribution in [-0.4, -0.2) is 45.9 Å². The number of benzene rings is 2. The third-order valence-corrected chi connectivity index (χ3v) is 8.25. The number of aliphatic hydroxyl groups is 1. The molecule has 1 N–H and O–H groups in total. The smallest absolute Gasteiger partial charge is 0.385 e. The zero-order valence-electron chi connectivity index (χ0n) is 20.1. The molecule has 0 spiro atoms. The summed E-state index contributed by atoms with van der Waals surface area (Å²) < 4.78 is 38.5. The molecule has 0 aromatic heterocycles. The number of carbonyl (C=O) groups is 2. The van der Waals surface area contributed by atoms with Crippen LogP contribution in [0.1, 0.15) is 55.2 Å². The van der Waals surface area contributed by atoms with Gasteiger partial charge in [-0.05, 0) is 42.5 Å². The van der Waals surface area contributed by atoms with E-state index >= 15 is 0 Å². The quantitative estimate of drug-likeness (QED) is 0.660. The van der Waals surface area contributed by atoms with E-state index in [2.05, 4.69) is 0 Å². The van der Waals surface area contributed by atoms with Gasteiger partial charge in [0.05, 0.1) is 17.1 Å². The zero-order valence-corrected chi connectivity index (χ0v) is 20.1. The van der Waals surface area contributed by atoms with Crippen LogP contribution in [0.25, 0.3) is 0 Å². The highest BCUT2D eigenvalue weighted by Gasteiger charge is 2.51. The molecule has 2 heterocycles. The molecule has 3 aliphatic rings. The molecular formula is C28H31F3N2O3. The van der Waals surface area contributed by atoms with E-state index in [4.69, 9.17) is 0 Å². The number of hydrogen-bond donors (Lipinski definition) is 1. The number of rotatable bonds is 4. The van der Waals surface area contributed by atoms with E-state index in [1.807, 2.05) is 35.2 Å². The number of fused-ring (bicyclic) bond motifs is 1. The molecule has 1 aliphatic carbocycles. The average molecular weight is 501 g/mol. The number of piperidine rings is 1. The van der Waals surface area contributed by atoms with Crippen LogP contribution in [0.4, 0.5) is 13.2 Å². The molecular weight excluding hydrogens is 469 g/mol. The molecule has 192 valence electrons. The first-order valence-corrected chi connectivity index (χ1v) is 12.7. The molecule has 4 atom stereocenters. The molecule has 3 fully saturated rings. The number of halogens is 3. The second-order valence-corrected chi connectivity index (χ2v) is 10.4. The molecule has 36 heavy (non-hydrogen) atoms. The van der Waals surface area contributed by atoms with Crippen molar-refractivity contribution in [1.82, 2.24) is 9.80 Å². The Bertz CT molecular complexity index is 1110. The topological polar surface area (TPSA) is 60.9 Å². The summed E-state index contributed by atoms with van der Waals surface area (Å²) in [5.74, 6) is -0.735. The SMILES string of the molecule is O=C1CC(C(=O)N2CCC(O)(c3ccccc3)[C@@H]3CCCC[C@@H]32)CN1Cc1ccc(C(F)(F)F)cc1. The van der Waals surface area contributed by atoms with Crippen LogP contribution in [0, 0.1) is 11.8 Å². The van der Waals surface area contributed by atoms with Crippen LogP contribution < -0.4 is 0 Å². The van der Waals surface area contributed by atoms with E-state index in [0.717, 1.165) is 43.4 Å². The van der Waals surface area contributed by atoms with Gasteiger partial charge in [-0.1, -0.05) is 55.3 Å². The Morgan fingerprint density at radius 2 is 1.72 bits per heavy atom. The van der Waals surface area contributed by atoms with E-state index in [0.29, 0.717) is 18.5 Å². The Morgan fingerprint density at radius 3 is 2.42 bits per heavy atom. The van der Waals surface area contributed by atoms with Gasteiger partial charge in [0.15, 0.2) is 0 Å². The summed E-state index contributed by atoms with van der Waals surface area (Å²) in [5, 5.41) is 11.7. The first kappa shape index (κ1) is 24.8. The predicted octanol–water partition coefficient (Wildman–Crippen LogP) is 4.73. The van der Waals surface area contributed by atoms with E-state index in [9.17, 15) is 27.9 Å². The molecule has 0 bridgehead atoms. The molecule has 1 saturated carbocycles. The number of amides is 2. The first-order chi connectivity index (χ1) is 17.2. The largest absolute Gasteiger partial charge is 0.416 e. The fourth-order valence-corrected chi connectivity index (χ4v) is 6.39. The van der Waals surface area contributed by atoms with Crippen LogP contribution >= 0.6 is 0 Å². The Kier molecular flexibility index (Phi) is 6.57. The monoisotopic (exact) mass is 500 g/mol. The third-order valence-electron chi connectivity index (χ3n) is 8.25. The maximum Gasteiger partial charge on any atom is 0.416 e. The Morgan fingerprint density at radius 1 is 1.03 bits per heavy atom. The van der Waals surface area contributed by atoms with Crippen LogP contribution in [0.5, 0.6) is 0 Å². The normalized spacial score (nSPS) is 28.8. The molecule has 5 nitrogen and oxygen atoms in total. The van der Waals surface area contributed by atoms with Gasteiger partial charge in [0, 0.05) is 38.0 Å². The highest BCUT2D eigenvalue weighted by Crippen LogP contribution is 2.47. The number of nitrogens with zero attached hydrogens (tertiary/aromatic N) is 2. The fourth-order valence-electron chi connectivity index (χ4n) is 6.39. The Balaban J connectivity index is 1.28. The van der Waals surface area contributed by atoms with E-state index in [-0.39, 0.29) is 43.3 Å². The van der Waals surface area contributed by atoms with Gasteiger partial charge < -0.3 is 14.9 Å². The minimum atomic E-state index is -4.41. The van der Waals surface area contributed by atoms with E-state index < -0.39 is 23.3 Å². The minimum Gasteiger partial charge on any atom is -0.385 e. The van der Waals surface area contributed by atoms with Crippen LogP contribution in [-0.2, 0) is 27.9 Å². The molecule has 5 rings (SSSR count). The molecule has 2 unspecified atom stereocenters. The van der Waals surface area contributed by atoms with E-state index in [1.165, 1.54) is 12.1 Å². The van der Waals surface area contributed by atoms with Gasteiger partial charge in [0.2, 0.25) is 11.8 Å². The summed E-state index contributed by atoms with van der Waals surface area (Å²) in [4.78, 5) is 29.8. The maximum absolute atomic E-state index is 13.6. The average Bonchev–Trinajstić information content (AvgIpc) is 3.24. The van der Waals surface area contributed by atoms with Crippen molar-refractivity contribution in [3.05, 3.63) is 71.3 Å². The second kappa shape index (κ2) is 9.54. The number of likely N-dealkylation sites (tertiary alicyclic amines) is 2. The van der Waals surface area contributed by atoms with Crippen molar-refractivity contribution in [3.8, 4) is 0 Å². The number of alkyl halides is 3. The first-order valence-electron chi connectivity index (χ1n) is 12.7. The number of hydrogen-bond acceptors (Lipinski definition) is 3. The molecule has 2 aromatic carbocycles. The lowest BCUT2D eigenvalue weighted by Gasteiger charge is -2.53. The van der Waals surface area contributed by atoms with Crippen molar-refractivity contribution in [2.24, 2.45) is 11.8 Å². The predicted molar refractivity (Wildman–Crippen MR) is 127 cm³/mol. The molecule has 2 saturated heterocycles. The summed E-state index contributed by atoms with van der Waals surface area (Å²) in [6.07, 6.45) is -0.140. The molecule has 2 aliphatic heterocycles. The zero-order chi connectivity index (χ0) is 25.5. The highest BCUT2D eigenvalue weighted by atomic mass is 19.4. The Labute approximate surface area is 208 Å². The van der Waals surface area contributed by atoms with Gasteiger partial charge in [-0.15, -0.1) is 0 Å². The lowest BCUT2D eigenvalue weighted by molar-refractivity contribution is -0.158. The summed E-state index contributed by atoms with van der Waals surface area (Å²) in [5.41, 5.74) is -0.200. The van der Waals surface area contributed by atoms with E-state index in [1.54, 1.807) is 4.90 Å². The molecule has 0 radical (unpaired) electrons. The Hall–Kier alpha value is -2.87. The van der Waals surface area contributed by atoms with Crippen molar-refractivity contribution in [1.29, 1.82) is 0 Å². The van der Waals surface area contributed by atoms with Crippen molar-refractivity contribution in [3.63, 3.8) is 0 Å². The lowest BCUT2D eigenvalue weighted by Crippen LogP contribution is -2.60. The van der Waals surface area contributed by atoms with Gasteiger partial charge in [-0.3, -0.25) is 9.59 Å². The van der Waals surface area contributed by atoms with Gasteiger partial charge in [0.25, 0.3) is 0 Å². The van der Waals surface area contributed by atoms with Crippen LogP contribution in [0.3, 0.4) is 0 Å². The summed E-state index contributed by atoms with van der Waals surface area (Å²) in [6, 6.07) is 14.4. The van der Waals surface area contributed by atoms with Crippen molar-refractivity contribution in [2.45, 2.75) is 62.9 Å². The van der Waals surface area contributed by atoms with Crippen molar-refractivity contribution < 1.29 is 27.9 Å². The molecule has 2 aromatic rings. The third kappa shape index (κ3) is 4.63. The van der Waals surface area contributed by atoms with Crippen molar-refractivity contribution >= 4 is 11.8 Å². The van der Waals surface area contributed by atoms with Crippen molar-refractivity contribution in [2.75, 3.05) is 13.1 Å². The van der Waals surface area contributed by atoms with Gasteiger partial charge in [-0.25, -0.2) is 0 Å². The molecule has 8 heteroatoms. The summed E-state index contributed by atoms with van der Waals surface area (Å²) in [6.45, 7) is 0.880. The maximum atomic E-state index is 13.6. The minimum absolute atomic E-state index is 0.0493. The second-order valence-electron chi connectivity index (χ2n) is 10.4. The van der Waals surface area contributed by atoms with Crippen LogP contribution in [0.2, 0.25) is 0 Å². The van der Waals surface area contributed by atoms with Gasteiger partial charge >= 0.3 is 6.18 Å². The molecule has 2 amide bonds. The summed E-state index contributed by atoms with van der Waals surface area (Å²) in [7, 11) is 0. The standard InChI is InChI=1S/C28H31F3N2O3/c29-28(30,31)22-12-10-19(11-13-22)17-32-18-20(16-25(32)34)26(35)33-15-14-27(36,21-6-2-1-3-7-21)23-8-4-5-9-24(23)33/h1-3,6-7,10-13,20,23-24,36H,4-5,8-9,14-18H2/t20?,23-,24+,27?/m1/s1. The van der Waals surface area contributed by atoms with Gasteiger partial charge in [-0.2, -0.15) is 13.2 Å². The van der Waals surface area contributed by atoms with Gasteiger partial charge in [0.1, 0.15) is 0 Å². The lowest BCUT2D eigenvalue weighted by atomic mass is 9.66. The summed E-state index contributed by atoms with van der Waals surface area (Å²) >= 11 is 0. The van der Waals surface area contributed by atoms with Crippen LogP contribution in [0.15, 0.2) is 54.6 Å². The number of carbonyl (C=O) groups excluding carboxylic acids is 2. The highest BCUT2D eigenvalue weighted by molar-refractivity contribution is 5.89.